The van der Waals surface area contributed by atoms with E-state index in [1.807, 2.05) is 10.7 Å². The number of nitrogens with one attached hydrogen (secondary N) is 1. The van der Waals surface area contributed by atoms with Crippen LogP contribution in [0.25, 0.3) is 0 Å². The molecule has 0 spiro atoms. The Bertz CT molecular complexity index is 517. The molecular formula is C15H23N3O2. The molecule has 1 atom stereocenters. The first-order chi connectivity index (χ1) is 9.69. The number of furan rings is 1. The van der Waals surface area contributed by atoms with E-state index in [0.717, 1.165) is 30.0 Å². The zero-order valence-electron chi connectivity index (χ0n) is 12.6. The maximum absolute atomic E-state index is 5.48. The maximum atomic E-state index is 5.48. The van der Waals surface area contributed by atoms with E-state index < -0.39 is 0 Å². The zero-order chi connectivity index (χ0) is 14.5. The van der Waals surface area contributed by atoms with Crippen molar-refractivity contribution in [3.63, 3.8) is 0 Å². The Morgan fingerprint density at radius 3 is 2.80 bits per heavy atom. The highest BCUT2D eigenvalue weighted by Gasteiger charge is 2.25. The molecule has 0 amide bonds. The van der Waals surface area contributed by atoms with Crippen LogP contribution in [-0.4, -0.2) is 23.4 Å². The summed E-state index contributed by atoms with van der Waals surface area (Å²) in [5.41, 5.74) is 2.12. The average molecular weight is 277 g/mol. The molecule has 0 aliphatic carbocycles. The monoisotopic (exact) mass is 277 g/mol. The number of hydrogen-bond acceptors (Lipinski definition) is 4. The molecule has 2 heterocycles. The summed E-state index contributed by atoms with van der Waals surface area (Å²) in [7, 11) is 1.68. The van der Waals surface area contributed by atoms with Crippen LogP contribution in [0.2, 0.25) is 0 Å². The van der Waals surface area contributed by atoms with Gasteiger partial charge in [-0.25, -0.2) is 0 Å². The Labute approximate surface area is 119 Å². The van der Waals surface area contributed by atoms with Crippen molar-refractivity contribution in [2.45, 2.75) is 39.3 Å². The molecule has 0 fully saturated rings. The molecule has 2 aromatic rings. The highest BCUT2D eigenvalue weighted by atomic mass is 16.5. The van der Waals surface area contributed by atoms with Gasteiger partial charge in [-0.2, -0.15) is 5.10 Å². The summed E-state index contributed by atoms with van der Waals surface area (Å²) in [6, 6.07) is 2.27. The predicted octanol–water partition coefficient (Wildman–Crippen LogP) is 3.15. The second kappa shape index (κ2) is 6.61. The first-order valence-electron chi connectivity index (χ1n) is 7.05. The van der Waals surface area contributed by atoms with Crippen LogP contribution in [0.15, 0.2) is 29.2 Å². The van der Waals surface area contributed by atoms with Crippen molar-refractivity contribution in [1.29, 1.82) is 0 Å². The Balaban J connectivity index is 2.44. The number of hydrogen-bond donors (Lipinski definition) is 1. The molecule has 1 N–H and O–H groups in total. The lowest BCUT2D eigenvalue weighted by Gasteiger charge is -2.21. The normalized spacial score (nSPS) is 12.8. The van der Waals surface area contributed by atoms with Gasteiger partial charge < -0.3 is 14.5 Å². The van der Waals surface area contributed by atoms with Crippen LogP contribution in [-0.2, 0) is 0 Å². The minimum Gasteiger partial charge on any atom is -0.493 e. The number of rotatable bonds is 7. The van der Waals surface area contributed by atoms with Crippen molar-refractivity contribution < 1.29 is 9.15 Å². The summed E-state index contributed by atoms with van der Waals surface area (Å²) in [5.74, 6) is 0.800. The average Bonchev–Trinajstić information content (AvgIpc) is 3.08. The van der Waals surface area contributed by atoms with E-state index in [1.165, 1.54) is 0 Å². The maximum Gasteiger partial charge on any atom is 0.161 e. The fourth-order valence-corrected chi connectivity index (χ4v) is 2.30. The second-order valence-corrected chi connectivity index (χ2v) is 5.08. The van der Waals surface area contributed by atoms with Gasteiger partial charge in [0, 0.05) is 11.6 Å². The summed E-state index contributed by atoms with van der Waals surface area (Å²) in [6.45, 7) is 7.29. The fraction of sp³-hybridized carbons (Fsp3) is 0.533. The van der Waals surface area contributed by atoms with Crippen LogP contribution in [0.1, 0.15) is 50.5 Å². The molecule has 5 nitrogen and oxygen atoms in total. The van der Waals surface area contributed by atoms with E-state index in [2.05, 4.69) is 31.2 Å². The zero-order valence-corrected chi connectivity index (χ0v) is 12.6. The summed E-state index contributed by atoms with van der Waals surface area (Å²) in [6.07, 6.45) is 6.30. The standard InChI is InChI=1S/C15H23N3O2/c1-5-7-16-14(12-6-8-20-10-12)15-13(19-4)9-17-18(15)11(2)3/h6,8-11,14,16H,5,7H2,1-4H3. The summed E-state index contributed by atoms with van der Waals surface area (Å²) >= 11 is 0. The molecule has 0 radical (unpaired) electrons. The lowest BCUT2D eigenvalue weighted by Crippen LogP contribution is -2.26. The molecule has 5 heteroatoms. The third-order valence-electron chi connectivity index (χ3n) is 3.26. The smallest absolute Gasteiger partial charge is 0.161 e. The largest absolute Gasteiger partial charge is 0.493 e. The molecule has 0 aliphatic heterocycles. The van der Waals surface area contributed by atoms with Crippen LogP contribution in [0.4, 0.5) is 0 Å². The van der Waals surface area contributed by atoms with E-state index in [-0.39, 0.29) is 12.1 Å². The van der Waals surface area contributed by atoms with Gasteiger partial charge in [-0.3, -0.25) is 4.68 Å². The summed E-state index contributed by atoms with van der Waals surface area (Å²) in [5, 5.41) is 7.99. The Hall–Kier alpha value is -1.75. The fourth-order valence-electron chi connectivity index (χ4n) is 2.30. The minimum atomic E-state index is 0.0218. The highest BCUT2D eigenvalue weighted by Crippen LogP contribution is 2.32. The first kappa shape index (κ1) is 14.7. The van der Waals surface area contributed by atoms with Gasteiger partial charge in [-0.15, -0.1) is 0 Å². The van der Waals surface area contributed by atoms with E-state index in [4.69, 9.17) is 9.15 Å². The molecule has 2 aromatic heterocycles. The van der Waals surface area contributed by atoms with Gasteiger partial charge in [0.25, 0.3) is 0 Å². The lowest BCUT2D eigenvalue weighted by molar-refractivity contribution is 0.392. The molecule has 110 valence electrons. The predicted molar refractivity (Wildman–Crippen MR) is 78.0 cm³/mol. The van der Waals surface area contributed by atoms with Crippen LogP contribution in [0, 0.1) is 0 Å². The van der Waals surface area contributed by atoms with Crippen molar-refractivity contribution in [3.05, 3.63) is 36.0 Å². The van der Waals surface area contributed by atoms with Gasteiger partial charge in [-0.05, 0) is 32.9 Å². The van der Waals surface area contributed by atoms with Gasteiger partial charge in [0.1, 0.15) is 5.69 Å². The van der Waals surface area contributed by atoms with Crippen LogP contribution < -0.4 is 10.1 Å². The molecule has 0 saturated carbocycles. The van der Waals surface area contributed by atoms with E-state index >= 15 is 0 Å². The topological polar surface area (TPSA) is 52.2 Å². The van der Waals surface area contributed by atoms with Crippen molar-refractivity contribution >= 4 is 0 Å². The molecule has 2 rings (SSSR count). The number of methoxy groups -OCH3 is 1. The molecule has 1 unspecified atom stereocenters. The number of aromatic nitrogens is 2. The number of nitrogens with zero attached hydrogens (tertiary/aromatic N) is 2. The summed E-state index contributed by atoms with van der Waals surface area (Å²) < 4.78 is 12.7. The Morgan fingerprint density at radius 1 is 1.45 bits per heavy atom. The van der Waals surface area contributed by atoms with Gasteiger partial charge in [-0.1, -0.05) is 6.92 Å². The lowest BCUT2D eigenvalue weighted by atomic mass is 10.1. The van der Waals surface area contributed by atoms with Gasteiger partial charge >= 0.3 is 0 Å². The SMILES string of the molecule is CCCNC(c1ccoc1)c1c(OC)cnn1C(C)C. The van der Waals surface area contributed by atoms with E-state index in [1.54, 1.807) is 25.8 Å². The van der Waals surface area contributed by atoms with Crippen LogP contribution in [0.5, 0.6) is 5.75 Å². The third kappa shape index (κ3) is 2.88. The van der Waals surface area contributed by atoms with Gasteiger partial charge in [0.2, 0.25) is 0 Å². The summed E-state index contributed by atoms with van der Waals surface area (Å²) in [4.78, 5) is 0. The van der Waals surface area contributed by atoms with Gasteiger partial charge in [0.05, 0.1) is 31.9 Å². The highest BCUT2D eigenvalue weighted by molar-refractivity contribution is 5.35. The molecule has 0 bridgehead atoms. The number of ether oxygens (including phenoxy) is 1. The second-order valence-electron chi connectivity index (χ2n) is 5.08. The first-order valence-corrected chi connectivity index (χ1v) is 7.05. The Morgan fingerprint density at radius 2 is 2.25 bits per heavy atom. The van der Waals surface area contributed by atoms with E-state index in [9.17, 15) is 0 Å². The molecule has 0 aliphatic rings. The minimum absolute atomic E-state index is 0.0218. The molecule has 20 heavy (non-hydrogen) atoms. The van der Waals surface area contributed by atoms with Crippen molar-refractivity contribution in [1.82, 2.24) is 15.1 Å². The Kier molecular flexibility index (Phi) is 4.84. The van der Waals surface area contributed by atoms with Crippen molar-refractivity contribution in [2.75, 3.05) is 13.7 Å². The van der Waals surface area contributed by atoms with Gasteiger partial charge in [0.15, 0.2) is 5.75 Å². The third-order valence-corrected chi connectivity index (χ3v) is 3.26. The van der Waals surface area contributed by atoms with Crippen molar-refractivity contribution in [3.8, 4) is 5.75 Å². The molecule has 0 saturated heterocycles. The molecular weight excluding hydrogens is 254 g/mol. The molecule has 0 aromatic carbocycles. The van der Waals surface area contributed by atoms with Crippen molar-refractivity contribution in [2.24, 2.45) is 0 Å². The van der Waals surface area contributed by atoms with Crippen LogP contribution in [0.3, 0.4) is 0 Å². The van der Waals surface area contributed by atoms with E-state index in [0.29, 0.717) is 0 Å². The quantitative estimate of drug-likeness (QED) is 0.844. The van der Waals surface area contributed by atoms with Crippen LogP contribution >= 0.6 is 0 Å².